The molecule has 0 bridgehead atoms. The number of cyclic esters (lactones) is 1. The molecule has 37 heavy (non-hydrogen) atoms. The molecule has 0 saturated carbocycles. The standard InChI is InChI=1S/C29H28Br2O6/c1-5-14-12-21(32)17(7-3)23(25(14)30)29(24-18(8-4)22(33)13-15(6-2)26(24)31)20-10-9-16(27(34)35)11-19(20)28(36)37-29/h9-13,32-33H,5-8H2,1-4H3,(H,34,35). The van der Waals surface area contributed by atoms with Crippen LogP contribution >= 0.6 is 31.9 Å². The predicted molar refractivity (Wildman–Crippen MR) is 148 cm³/mol. The summed E-state index contributed by atoms with van der Waals surface area (Å²) in [6.07, 6.45) is 2.07. The summed E-state index contributed by atoms with van der Waals surface area (Å²) < 4.78 is 7.73. The van der Waals surface area contributed by atoms with E-state index in [1.807, 2.05) is 27.7 Å². The van der Waals surface area contributed by atoms with E-state index in [1.165, 1.54) is 12.1 Å². The molecule has 8 heteroatoms. The number of phenolic OH excluding ortho intramolecular Hbond substituents is 2. The van der Waals surface area contributed by atoms with Gasteiger partial charge in [0, 0.05) is 36.8 Å². The van der Waals surface area contributed by atoms with Crippen LogP contribution in [0.4, 0.5) is 0 Å². The van der Waals surface area contributed by atoms with Crippen LogP contribution < -0.4 is 0 Å². The lowest BCUT2D eigenvalue weighted by atomic mass is 9.74. The first-order valence-corrected chi connectivity index (χ1v) is 13.8. The van der Waals surface area contributed by atoms with Gasteiger partial charge in [-0.25, -0.2) is 9.59 Å². The Kier molecular flexibility index (Phi) is 7.45. The number of aryl methyl sites for hydroxylation is 2. The van der Waals surface area contributed by atoms with Gasteiger partial charge in [0.2, 0.25) is 0 Å². The Labute approximate surface area is 232 Å². The van der Waals surface area contributed by atoms with Gasteiger partial charge in [0.05, 0.1) is 11.1 Å². The first-order valence-electron chi connectivity index (χ1n) is 12.3. The van der Waals surface area contributed by atoms with E-state index in [9.17, 15) is 24.9 Å². The molecule has 3 N–H and O–H groups in total. The number of rotatable bonds is 7. The van der Waals surface area contributed by atoms with Gasteiger partial charge in [-0.15, -0.1) is 0 Å². The summed E-state index contributed by atoms with van der Waals surface area (Å²) in [7, 11) is 0. The van der Waals surface area contributed by atoms with E-state index in [0.717, 1.165) is 11.1 Å². The molecule has 1 aliphatic rings. The zero-order chi connectivity index (χ0) is 27.2. The van der Waals surface area contributed by atoms with E-state index in [-0.39, 0.29) is 22.6 Å². The maximum absolute atomic E-state index is 13.5. The summed E-state index contributed by atoms with van der Waals surface area (Å²) >= 11 is 7.54. The highest BCUT2D eigenvalue weighted by atomic mass is 79.9. The summed E-state index contributed by atoms with van der Waals surface area (Å²) in [5.41, 5.74) is 2.91. The molecular weight excluding hydrogens is 604 g/mol. The van der Waals surface area contributed by atoms with Gasteiger partial charge in [0.1, 0.15) is 11.5 Å². The topological polar surface area (TPSA) is 104 Å². The van der Waals surface area contributed by atoms with Crippen molar-refractivity contribution < 1.29 is 29.6 Å². The fourth-order valence-electron chi connectivity index (χ4n) is 5.34. The zero-order valence-electron chi connectivity index (χ0n) is 21.0. The van der Waals surface area contributed by atoms with Crippen LogP contribution in [-0.2, 0) is 36.0 Å². The van der Waals surface area contributed by atoms with Crippen molar-refractivity contribution >= 4 is 43.8 Å². The largest absolute Gasteiger partial charge is 0.508 e. The minimum Gasteiger partial charge on any atom is -0.508 e. The summed E-state index contributed by atoms with van der Waals surface area (Å²) in [4.78, 5) is 25.3. The number of hydrogen-bond donors (Lipinski definition) is 3. The molecule has 1 aliphatic heterocycles. The van der Waals surface area contributed by atoms with E-state index >= 15 is 0 Å². The number of fused-ring (bicyclic) bond motifs is 1. The Bertz CT molecular complexity index is 1380. The van der Waals surface area contributed by atoms with E-state index < -0.39 is 17.5 Å². The second-order valence-corrected chi connectivity index (χ2v) is 10.6. The summed E-state index contributed by atoms with van der Waals surface area (Å²) in [5.74, 6) is -1.68. The molecule has 0 fully saturated rings. The molecule has 0 spiro atoms. The molecule has 3 aromatic rings. The third-order valence-corrected chi connectivity index (χ3v) is 8.94. The Morgan fingerprint density at radius 2 is 1.32 bits per heavy atom. The Hall–Kier alpha value is -2.84. The van der Waals surface area contributed by atoms with Gasteiger partial charge in [-0.05, 0) is 61.1 Å². The second kappa shape index (κ2) is 10.1. The lowest BCUT2D eigenvalue weighted by Gasteiger charge is -2.36. The molecule has 0 atom stereocenters. The number of carbonyl (C=O) groups is 2. The molecule has 4 rings (SSSR count). The zero-order valence-corrected chi connectivity index (χ0v) is 24.2. The highest BCUT2D eigenvalue weighted by molar-refractivity contribution is 9.11. The number of carboxylic acid groups (broad SMARTS) is 1. The number of phenols is 2. The molecule has 194 valence electrons. The lowest BCUT2D eigenvalue weighted by Crippen LogP contribution is -2.34. The molecule has 0 unspecified atom stereocenters. The number of aromatic carboxylic acids is 1. The van der Waals surface area contributed by atoms with Crippen LogP contribution in [-0.4, -0.2) is 27.3 Å². The number of benzene rings is 3. The highest BCUT2D eigenvalue weighted by Crippen LogP contribution is 2.56. The van der Waals surface area contributed by atoms with E-state index in [1.54, 1.807) is 18.2 Å². The van der Waals surface area contributed by atoms with Crippen molar-refractivity contribution in [1.82, 2.24) is 0 Å². The van der Waals surface area contributed by atoms with Gasteiger partial charge in [0.15, 0.2) is 5.60 Å². The Morgan fingerprint density at radius 1 is 0.838 bits per heavy atom. The van der Waals surface area contributed by atoms with Crippen LogP contribution in [0.25, 0.3) is 0 Å². The summed E-state index contributed by atoms with van der Waals surface area (Å²) in [5, 5.41) is 31.9. The third-order valence-electron chi connectivity index (χ3n) is 7.13. The van der Waals surface area contributed by atoms with E-state index in [4.69, 9.17) is 4.74 Å². The molecule has 0 radical (unpaired) electrons. The van der Waals surface area contributed by atoms with Crippen molar-refractivity contribution in [3.8, 4) is 11.5 Å². The molecular formula is C29H28Br2O6. The normalized spacial score (nSPS) is 13.9. The van der Waals surface area contributed by atoms with Crippen LogP contribution in [0, 0.1) is 0 Å². The van der Waals surface area contributed by atoms with Gasteiger partial charge in [-0.1, -0.05) is 65.6 Å². The number of esters is 1. The van der Waals surface area contributed by atoms with Crippen LogP contribution in [0.1, 0.15) is 87.4 Å². The molecule has 1 heterocycles. The van der Waals surface area contributed by atoms with Crippen LogP contribution in [0.15, 0.2) is 39.3 Å². The Morgan fingerprint density at radius 3 is 1.73 bits per heavy atom. The average molecular weight is 632 g/mol. The monoisotopic (exact) mass is 630 g/mol. The Balaban J connectivity index is 2.31. The van der Waals surface area contributed by atoms with E-state index in [2.05, 4.69) is 31.9 Å². The van der Waals surface area contributed by atoms with Crippen LogP contribution in [0.5, 0.6) is 11.5 Å². The van der Waals surface area contributed by atoms with Crippen LogP contribution in [0.3, 0.4) is 0 Å². The van der Waals surface area contributed by atoms with Crippen molar-refractivity contribution in [3.05, 3.63) is 89.3 Å². The number of carbonyl (C=O) groups excluding carboxylic acids is 1. The number of carboxylic acids is 1. The predicted octanol–water partition coefficient (Wildman–Crippen LogP) is 7.03. The summed E-state index contributed by atoms with van der Waals surface area (Å²) in [6, 6.07) is 7.80. The van der Waals surface area contributed by atoms with Crippen molar-refractivity contribution in [2.24, 2.45) is 0 Å². The van der Waals surface area contributed by atoms with Gasteiger partial charge < -0.3 is 20.1 Å². The quantitative estimate of drug-likeness (QED) is 0.242. The molecule has 0 aliphatic carbocycles. The van der Waals surface area contributed by atoms with Crippen molar-refractivity contribution in [3.63, 3.8) is 0 Å². The molecule has 0 saturated heterocycles. The third kappa shape index (κ3) is 4.05. The maximum atomic E-state index is 13.5. The first-order chi connectivity index (χ1) is 17.6. The highest BCUT2D eigenvalue weighted by Gasteiger charge is 2.53. The minimum atomic E-state index is -1.57. The number of halogens is 2. The molecule has 3 aromatic carbocycles. The molecule has 0 amide bonds. The number of ether oxygens (including phenoxy) is 1. The van der Waals surface area contributed by atoms with E-state index in [0.29, 0.717) is 62.4 Å². The van der Waals surface area contributed by atoms with Gasteiger partial charge in [0.25, 0.3) is 0 Å². The smallest absolute Gasteiger partial charge is 0.340 e. The summed E-state index contributed by atoms with van der Waals surface area (Å²) in [6.45, 7) is 7.75. The minimum absolute atomic E-state index is 0.0358. The first kappa shape index (κ1) is 27.2. The van der Waals surface area contributed by atoms with Crippen molar-refractivity contribution in [1.29, 1.82) is 0 Å². The second-order valence-electron chi connectivity index (χ2n) is 9.00. The SMILES string of the molecule is CCc1cc(O)c(CC)c(C2(c3c(Br)c(CC)cc(O)c3CC)OC(=O)c3cc(C(=O)O)ccc32)c1Br. The van der Waals surface area contributed by atoms with Crippen LogP contribution in [0.2, 0.25) is 0 Å². The lowest BCUT2D eigenvalue weighted by molar-refractivity contribution is 0.0240. The fourth-order valence-corrected chi connectivity index (χ4v) is 7.16. The molecule has 6 nitrogen and oxygen atoms in total. The molecule has 0 aromatic heterocycles. The van der Waals surface area contributed by atoms with Crippen molar-refractivity contribution in [2.45, 2.75) is 59.0 Å². The van der Waals surface area contributed by atoms with Gasteiger partial charge in [-0.2, -0.15) is 0 Å². The van der Waals surface area contributed by atoms with Gasteiger partial charge >= 0.3 is 11.9 Å². The fraction of sp³-hybridized carbons (Fsp3) is 0.310. The maximum Gasteiger partial charge on any atom is 0.340 e. The number of hydrogen-bond acceptors (Lipinski definition) is 5. The van der Waals surface area contributed by atoms with Gasteiger partial charge in [-0.3, -0.25) is 0 Å². The van der Waals surface area contributed by atoms with Crippen molar-refractivity contribution in [2.75, 3.05) is 0 Å². The average Bonchev–Trinajstić information content (AvgIpc) is 3.17. The number of aromatic hydroxyl groups is 2.